The molecular weight excluding hydrogens is 182 g/mol. The van der Waals surface area contributed by atoms with Crippen molar-refractivity contribution in [1.82, 2.24) is 0 Å². The monoisotopic (exact) mass is 184 g/mol. The van der Waals surface area contributed by atoms with Gasteiger partial charge in [-0.15, -0.1) is 0 Å². The second kappa shape index (κ2) is 34.7. The molecule has 4 nitrogen and oxygen atoms in total. The van der Waals surface area contributed by atoms with Crippen molar-refractivity contribution in [3.05, 3.63) is 0 Å². The summed E-state index contributed by atoms with van der Waals surface area (Å²) in [6.45, 7) is 0. The van der Waals surface area contributed by atoms with Crippen molar-refractivity contribution in [3.63, 3.8) is 0 Å². The molecule has 0 amide bonds. The molecule has 0 atom stereocenters. The Morgan fingerprint density at radius 2 is 1.12 bits per heavy atom. The summed E-state index contributed by atoms with van der Waals surface area (Å²) >= 11 is -3.50. The van der Waals surface area contributed by atoms with Gasteiger partial charge in [0.2, 0.25) is 0 Å². The van der Waals surface area contributed by atoms with Gasteiger partial charge >= 0.3 is 108 Å². The van der Waals surface area contributed by atoms with E-state index in [1.807, 2.05) is 0 Å². The van der Waals surface area contributed by atoms with Crippen LogP contribution in [-0.2, 0) is 7.61 Å². The fraction of sp³-hybridized carbons (Fsp3) is 0. The molecule has 0 heterocycles. The molecule has 0 N–H and O–H groups in total. The van der Waals surface area contributed by atoms with Gasteiger partial charge in [0.25, 0.3) is 0 Å². The Kier molecular flexibility index (Phi) is 97.3. The average Bonchev–Trinajstić information content (AvgIpc) is 1.39. The first-order chi connectivity index (χ1) is 2.83. The van der Waals surface area contributed by atoms with Crippen LogP contribution in [0.4, 0.5) is 0 Å². The molecule has 0 aromatic heterocycles. The zero-order valence-corrected chi connectivity index (χ0v) is 10.1. The summed E-state index contributed by atoms with van der Waals surface area (Å²) in [6.07, 6.45) is 0. The van der Waals surface area contributed by atoms with Crippen molar-refractivity contribution in [2.45, 2.75) is 0 Å². The molecule has 0 fully saturated rings. The molecule has 0 aromatic carbocycles. The predicted octanol–water partition coefficient (Wildman–Crippen LogP) is -3.91. The third-order valence-electron chi connectivity index (χ3n) is 0. The summed E-state index contributed by atoms with van der Waals surface area (Å²) in [6, 6.07) is 0. The van der Waals surface area contributed by atoms with Crippen molar-refractivity contribution in [1.29, 1.82) is 0 Å². The summed E-state index contributed by atoms with van der Waals surface area (Å²) in [7, 11) is 0. The summed E-state index contributed by atoms with van der Waals surface area (Å²) < 4.78 is 33.8. The first-order valence-corrected chi connectivity index (χ1v) is 2.83. The van der Waals surface area contributed by atoms with E-state index in [2.05, 4.69) is 0 Å². The van der Waals surface area contributed by atoms with E-state index in [9.17, 15) is 0 Å². The van der Waals surface area contributed by atoms with Gasteiger partial charge in [-0.3, -0.25) is 0 Å². The normalized spacial score (nSPS) is 2.00. The fourth-order valence-electron chi connectivity index (χ4n) is 0. The molecule has 8 heteroatoms. The molecule has 0 aliphatic heterocycles. The van der Waals surface area contributed by atoms with E-state index in [-0.39, 0.29) is 63.6 Å². The Morgan fingerprint density at radius 1 is 1.12 bits per heavy atom. The van der Waals surface area contributed by atoms with Crippen LogP contribution in [0, 0.1) is 0 Å². The van der Waals surface area contributed by atoms with Crippen LogP contribution in [-0.4, -0.2) is 91.8 Å². The topological polar surface area (TPSA) is 80.3 Å². The SMILES string of the molecule is [Ca+2].[H-].[H-].[Mg+2].[O]=[Al][O-].[O]=[Al][O-]. The van der Waals surface area contributed by atoms with Crippen LogP contribution >= 0.6 is 0 Å². The molecule has 0 radical (unpaired) electrons. The second-order valence-corrected chi connectivity index (χ2v) is 0.577. The van der Waals surface area contributed by atoms with Gasteiger partial charge in [-0.25, -0.2) is 0 Å². The second-order valence-electron chi connectivity index (χ2n) is 0.192. The van der Waals surface area contributed by atoms with Gasteiger partial charge in [-0.05, 0) is 0 Å². The Labute approximate surface area is 109 Å². The van der Waals surface area contributed by atoms with Gasteiger partial charge in [0.1, 0.15) is 0 Å². The number of hydrogen-bond acceptors (Lipinski definition) is 4. The van der Waals surface area contributed by atoms with E-state index >= 15 is 0 Å². The number of rotatable bonds is 0. The molecule has 0 aromatic rings. The van der Waals surface area contributed by atoms with Crippen LogP contribution in [0.3, 0.4) is 0 Å². The Hall–Kier alpha value is 2.29. The maximum atomic E-state index is 8.46. The van der Waals surface area contributed by atoms with Crippen molar-refractivity contribution in [2.24, 2.45) is 0 Å². The van der Waals surface area contributed by atoms with E-state index in [1.54, 1.807) is 0 Å². The van der Waals surface area contributed by atoms with Gasteiger partial charge < -0.3 is 2.85 Å². The molecule has 0 saturated carbocycles. The Bertz CT molecular complexity index is 42.2. The summed E-state index contributed by atoms with van der Waals surface area (Å²) in [4.78, 5) is 0. The summed E-state index contributed by atoms with van der Waals surface area (Å²) in [5, 5.41) is 0. The molecule has 8 heavy (non-hydrogen) atoms. The zero-order valence-electron chi connectivity index (χ0n) is 6.20. The predicted molar refractivity (Wildman–Crippen MR) is 26.6 cm³/mol. The maximum absolute atomic E-state index is 8.46. The van der Waals surface area contributed by atoms with Gasteiger partial charge in [-0.2, -0.15) is 0 Å². The first kappa shape index (κ1) is 22.4. The molecule has 0 saturated heterocycles. The van der Waals surface area contributed by atoms with E-state index in [0.717, 1.165) is 0 Å². The van der Waals surface area contributed by atoms with Gasteiger partial charge in [0.15, 0.2) is 0 Å². The van der Waals surface area contributed by atoms with Crippen LogP contribution in [0.1, 0.15) is 2.85 Å². The zero-order chi connectivity index (χ0) is 5.41. The summed E-state index contributed by atoms with van der Waals surface area (Å²) in [5.74, 6) is 0. The molecule has 0 aliphatic carbocycles. The molecule has 0 bridgehead atoms. The standard InChI is InChI=1S/2Al.Ca.Mg.4O.2H/q;;2*+2;;;4*-1. The summed E-state index contributed by atoms with van der Waals surface area (Å²) in [5.41, 5.74) is 0. The molecule has 0 spiro atoms. The molecule has 36 valence electrons. The van der Waals surface area contributed by atoms with Crippen LogP contribution in [0.5, 0.6) is 0 Å². The van der Waals surface area contributed by atoms with Crippen molar-refractivity contribution >= 4 is 91.8 Å². The third-order valence-corrected chi connectivity index (χ3v) is 0. The third kappa shape index (κ3) is 84.0. The van der Waals surface area contributed by atoms with E-state index in [0.29, 0.717) is 0 Å². The fourth-order valence-corrected chi connectivity index (χ4v) is 0. The van der Waals surface area contributed by atoms with E-state index in [1.165, 1.54) is 0 Å². The van der Waals surface area contributed by atoms with Crippen molar-refractivity contribution in [3.8, 4) is 0 Å². The van der Waals surface area contributed by atoms with Gasteiger partial charge in [0, 0.05) is 0 Å². The van der Waals surface area contributed by atoms with E-state index < -0.39 is 31.0 Å². The van der Waals surface area contributed by atoms with Gasteiger partial charge in [0.05, 0.1) is 0 Å². The first-order valence-electron chi connectivity index (χ1n) is 0.943. The average molecular weight is 184 g/mol. The molecule has 0 aliphatic rings. The Balaban J connectivity index is -0.00000000571. The van der Waals surface area contributed by atoms with E-state index in [4.69, 9.17) is 15.9 Å². The van der Waals surface area contributed by atoms with Crippen LogP contribution in [0.15, 0.2) is 0 Å². The van der Waals surface area contributed by atoms with Crippen molar-refractivity contribution in [2.75, 3.05) is 0 Å². The Morgan fingerprint density at radius 3 is 1.12 bits per heavy atom. The number of hydrogen-bond donors (Lipinski definition) is 0. The van der Waals surface area contributed by atoms with Crippen molar-refractivity contribution < 1.29 is 18.8 Å². The quantitative estimate of drug-likeness (QED) is 0.360. The van der Waals surface area contributed by atoms with Crippen LogP contribution in [0.2, 0.25) is 0 Å². The molecular formula is H2Al2CaMgO4. The van der Waals surface area contributed by atoms with Gasteiger partial charge in [-0.1, -0.05) is 0 Å². The molecule has 0 unspecified atom stereocenters. The van der Waals surface area contributed by atoms with Crippen LogP contribution in [0.25, 0.3) is 0 Å². The van der Waals surface area contributed by atoms with Crippen LogP contribution < -0.4 is 8.32 Å². The minimum absolute atomic E-state index is 0. The minimum atomic E-state index is -1.75. The molecule has 0 rings (SSSR count).